The van der Waals surface area contributed by atoms with Gasteiger partial charge in [0.2, 0.25) is 5.06 Å². The van der Waals surface area contributed by atoms with Gasteiger partial charge in [-0.05, 0) is 48.4 Å². The number of amides is 1. The minimum atomic E-state index is -4.85. The number of nitrogens with zero attached hydrogens (tertiary/aromatic N) is 2. The zero-order chi connectivity index (χ0) is 22.1. The van der Waals surface area contributed by atoms with Crippen LogP contribution in [0, 0.1) is 6.92 Å². The predicted molar refractivity (Wildman–Crippen MR) is 96.2 cm³/mol. The van der Waals surface area contributed by atoms with Crippen LogP contribution in [0.4, 0.5) is 36.8 Å². The number of aryl methyl sites for hydroxylation is 1. The summed E-state index contributed by atoms with van der Waals surface area (Å²) >= 11 is 0.853. The first kappa shape index (κ1) is 21.6. The highest BCUT2D eigenvalue weighted by Gasteiger charge is 2.37. The number of rotatable bonds is 3. The Balaban J connectivity index is 1.86. The smallest absolute Gasteiger partial charge is 0.395 e. The molecule has 30 heavy (non-hydrogen) atoms. The molecular formula is C18H11F6N3O2S. The fourth-order valence-electron chi connectivity index (χ4n) is 2.49. The number of carbonyl (C=O) groups is 1. The van der Waals surface area contributed by atoms with Crippen molar-refractivity contribution in [3.8, 4) is 16.2 Å². The van der Waals surface area contributed by atoms with Crippen LogP contribution in [0.15, 0.2) is 42.5 Å². The molecule has 0 aliphatic carbocycles. The SMILES string of the molecule is Cc1nnsc1OC(=O)Nc1ccc(-c2cc(C(F)(F)F)ccc2C(F)(F)F)cc1. The van der Waals surface area contributed by atoms with Crippen LogP contribution in [0.3, 0.4) is 0 Å². The molecule has 5 nitrogen and oxygen atoms in total. The van der Waals surface area contributed by atoms with Crippen molar-refractivity contribution < 1.29 is 35.9 Å². The molecule has 1 amide bonds. The van der Waals surface area contributed by atoms with Crippen molar-refractivity contribution >= 4 is 23.3 Å². The van der Waals surface area contributed by atoms with E-state index in [1.165, 1.54) is 24.3 Å². The van der Waals surface area contributed by atoms with Crippen molar-refractivity contribution in [2.24, 2.45) is 0 Å². The summed E-state index contributed by atoms with van der Waals surface area (Å²) in [5.41, 5.74) is -2.57. The Hall–Kier alpha value is -3.15. The number of hydrogen-bond acceptors (Lipinski definition) is 5. The molecule has 0 saturated heterocycles. The van der Waals surface area contributed by atoms with Crippen molar-refractivity contribution in [1.82, 2.24) is 9.59 Å². The highest BCUT2D eigenvalue weighted by molar-refractivity contribution is 7.07. The summed E-state index contributed by atoms with van der Waals surface area (Å²) in [6.45, 7) is 1.58. The Morgan fingerprint density at radius 2 is 1.67 bits per heavy atom. The van der Waals surface area contributed by atoms with Crippen molar-refractivity contribution in [3.05, 3.63) is 59.3 Å². The molecule has 0 spiro atoms. The van der Waals surface area contributed by atoms with Crippen LogP contribution in [-0.2, 0) is 12.4 Å². The lowest BCUT2D eigenvalue weighted by Crippen LogP contribution is -2.16. The Bertz CT molecular complexity index is 1060. The lowest BCUT2D eigenvalue weighted by atomic mass is 9.96. The fourth-order valence-corrected chi connectivity index (χ4v) is 3.01. The van der Waals surface area contributed by atoms with E-state index in [2.05, 4.69) is 14.9 Å². The monoisotopic (exact) mass is 447 g/mol. The molecule has 0 aliphatic rings. The number of carbonyl (C=O) groups excluding carboxylic acids is 1. The van der Waals surface area contributed by atoms with Gasteiger partial charge in [0, 0.05) is 17.2 Å². The summed E-state index contributed by atoms with van der Waals surface area (Å²) in [6, 6.07) is 6.05. The molecule has 1 heterocycles. The maximum absolute atomic E-state index is 13.3. The second kappa shape index (κ2) is 7.94. The number of ether oxygens (including phenoxy) is 1. The zero-order valence-corrected chi connectivity index (χ0v) is 15.7. The first-order chi connectivity index (χ1) is 13.9. The van der Waals surface area contributed by atoms with Gasteiger partial charge < -0.3 is 4.74 Å². The molecule has 0 aliphatic heterocycles. The first-order valence-corrected chi connectivity index (χ1v) is 8.89. The maximum atomic E-state index is 13.3. The quantitative estimate of drug-likeness (QED) is 0.489. The van der Waals surface area contributed by atoms with Gasteiger partial charge in [0.05, 0.1) is 11.1 Å². The Kier molecular flexibility index (Phi) is 5.70. The number of benzene rings is 2. The number of alkyl halides is 6. The largest absolute Gasteiger partial charge is 0.418 e. The van der Waals surface area contributed by atoms with E-state index in [-0.39, 0.29) is 16.3 Å². The van der Waals surface area contributed by atoms with Gasteiger partial charge in [-0.25, -0.2) is 4.79 Å². The van der Waals surface area contributed by atoms with Crippen LogP contribution in [0.5, 0.6) is 5.06 Å². The minimum Gasteiger partial charge on any atom is -0.395 e. The number of aromatic nitrogens is 2. The number of nitrogens with one attached hydrogen (secondary N) is 1. The Labute approximate surface area is 169 Å². The van der Waals surface area contributed by atoms with Crippen LogP contribution in [-0.4, -0.2) is 15.7 Å². The van der Waals surface area contributed by atoms with Gasteiger partial charge in [-0.1, -0.05) is 16.6 Å². The third kappa shape index (κ3) is 4.87. The number of hydrogen-bond donors (Lipinski definition) is 1. The molecule has 1 aromatic heterocycles. The fraction of sp³-hybridized carbons (Fsp3) is 0.167. The zero-order valence-electron chi connectivity index (χ0n) is 14.9. The summed E-state index contributed by atoms with van der Waals surface area (Å²) in [5.74, 6) is 0. The van der Waals surface area contributed by atoms with E-state index in [0.717, 1.165) is 11.5 Å². The molecule has 3 aromatic rings. The molecule has 0 radical (unpaired) electrons. The molecular weight excluding hydrogens is 436 g/mol. The molecule has 2 aromatic carbocycles. The number of anilines is 1. The summed E-state index contributed by atoms with van der Waals surface area (Å²) in [4.78, 5) is 11.9. The van der Waals surface area contributed by atoms with Crippen LogP contribution < -0.4 is 10.1 Å². The highest BCUT2D eigenvalue weighted by Crippen LogP contribution is 2.40. The Morgan fingerprint density at radius 1 is 1.00 bits per heavy atom. The molecule has 158 valence electrons. The second-order valence-electron chi connectivity index (χ2n) is 5.99. The molecule has 3 rings (SSSR count). The third-order valence-electron chi connectivity index (χ3n) is 3.89. The van der Waals surface area contributed by atoms with E-state index in [9.17, 15) is 31.1 Å². The van der Waals surface area contributed by atoms with Crippen LogP contribution in [0.2, 0.25) is 0 Å². The summed E-state index contributed by atoms with van der Waals surface area (Å²) in [7, 11) is 0. The van der Waals surface area contributed by atoms with E-state index < -0.39 is 35.1 Å². The molecule has 1 N–H and O–H groups in total. The average molecular weight is 447 g/mol. The van der Waals surface area contributed by atoms with Gasteiger partial charge in [0.25, 0.3) is 0 Å². The van der Waals surface area contributed by atoms with Crippen molar-refractivity contribution in [3.63, 3.8) is 0 Å². The summed E-state index contributed by atoms with van der Waals surface area (Å²) < 4.78 is 87.2. The molecule has 0 bridgehead atoms. The van der Waals surface area contributed by atoms with Gasteiger partial charge in [0.15, 0.2) is 0 Å². The van der Waals surface area contributed by atoms with Gasteiger partial charge in [-0.3, -0.25) is 5.32 Å². The molecule has 0 atom stereocenters. The second-order valence-corrected chi connectivity index (χ2v) is 6.71. The average Bonchev–Trinajstić information content (AvgIpc) is 3.05. The molecule has 0 fully saturated rings. The lowest BCUT2D eigenvalue weighted by molar-refractivity contribution is -0.141. The maximum Gasteiger partial charge on any atom is 0.418 e. The first-order valence-electron chi connectivity index (χ1n) is 8.12. The van der Waals surface area contributed by atoms with Crippen LogP contribution in [0.1, 0.15) is 16.8 Å². The van der Waals surface area contributed by atoms with Crippen molar-refractivity contribution in [2.45, 2.75) is 19.3 Å². The van der Waals surface area contributed by atoms with Crippen LogP contribution >= 0.6 is 11.5 Å². The van der Waals surface area contributed by atoms with Crippen molar-refractivity contribution in [2.75, 3.05) is 5.32 Å². The standard InChI is InChI=1S/C18H11F6N3O2S/c1-9-15(30-27-26-9)29-16(28)25-12-5-2-10(3-6-12)13-8-11(17(19,20)21)4-7-14(13)18(22,23)24/h2-8H,1H3,(H,25,28). The normalized spacial score (nSPS) is 12.0. The number of halogens is 6. The van der Waals surface area contributed by atoms with Gasteiger partial charge in [0.1, 0.15) is 5.69 Å². The van der Waals surface area contributed by atoms with Crippen molar-refractivity contribution in [1.29, 1.82) is 0 Å². The minimum absolute atomic E-state index is 0.102. The lowest BCUT2D eigenvalue weighted by Gasteiger charge is -2.16. The van der Waals surface area contributed by atoms with E-state index in [0.29, 0.717) is 23.9 Å². The molecule has 12 heteroatoms. The van der Waals surface area contributed by atoms with Crippen LogP contribution in [0.25, 0.3) is 11.1 Å². The third-order valence-corrected chi connectivity index (χ3v) is 4.60. The van der Waals surface area contributed by atoms with E-state index >= 15 is 0 Å². The summed E-state index contributed by atoms with van der Waals surface area (Å²) in [5, 5.41) is 6.19. The molecule has 0 saturated carbocycles. The Morgan fingerprint density at radius 3 is 2.20 bits per heavy atom. The van der Waals surface area contributed by atoms with Gasteiger partial charge in [-0.15, -0.1) is 5.10 Å². The predicted octanol–water partition coefficient (Wildman–Crippen LogP) is 6.16. The van der Waals surface area contributed by atoms with Gasteiger partial charge >= 0.3 is 18.4 Å². The van der Waals surface area contributed by atoms with E-state index in [4.69, 9.17) is 4.74 Å². The highest BCUT2D eigenvalue weighted by atomic mass is 32.1. The van der Waals surface area contributed by atoms with E-state index in [1.807, 2.05) is 0 Å². The molecule has 0 unspecified atom stereocenters. The van der Waals surface area contributed by atoms with Gasteiger partial charge in [-0.2, -0.15) is 26.3 Å². The topological polar surface area (TPSA) is 64.1 Å². The van der Waals surface area contributed by atoms with E-state index in [1.54, 1.807) is 6.92 Å². The summed E-state index contributed by atoms with van der Waals surface area (Å²) in [6.07, 6.45) is -10.5.